The van der Waals surface area contributed by atoms with Gasteiger partial charge >= 0.3 is 0 Å². The Kier molecular flexibility index (Phi) is 4.05. The average molecular weight is 244 g/mol. The SMILES string of the molecule is CNCc1ccoc1CN(C)c1cccc(C)c1. The zero-order chi connectivity index (χ0) is 13.0. The fraction of sp³-hybridized carbons (Fsp3) is 0.333. The minimum Gasteiger partial charge on any atom is -0.467 e. The van der Waals surface area contributed by atoms with Crippen molar-refractivity contribution in [3.05, 3.63) is 53.5 Å². The van der Waals surface area contributed by atoms with Crippen molar-refractivity contribution in [2.45, 2.75) is 20.0 Å². The van der Waals surface area contributed by atoms with Gasteiger partial charge in [-0.1, -0.05) is 12.1 Å². The normalized spacial score (nSPS) is 10.6. The molecule has 0 aliphatic rings. The lowest BCUT2D eigenvalue weighted by Gasteiger charge is -2.19. The van der Waals surface area contributed by atoms with Gasteiger partial charge in [-0.05, 0) is 37.7 Å². The van der Waals surface area contributed by atoms with Gasteiger partial charge in [-0.2, -0.15) is 0 Å². The molecular formula is C15H20N2O. The van der Waals surface area contributed by atoms with Gasteiger partial charge in [-0.25, -0.2) is 0 Å². The molecule has 96 valence electrons. The summed E-state index contributed by atoms with van der Waals surface area (Å²) in [5, 5.41) is 3.15. The number of hydrogen-bond acceptors (Lipinski definition) is 3. The summed E-state index contributed by atoms with van der Waals surface area (Å²) in [4.78, 5) is 2.20. The van der Waals surface area contributed by atoms with Crippen LogP contribution >= 0.6 is 0 Å². The standard InChI is InChI=1S/C15H20N2O/c1-12-5-4-6-14(9-12)17(3)11-15-13(10-16-2)7-8-18-15/h4-9,16H,10-11H2,1-3H3. The van der Waals surface area contributed by atoms with E-state index >= 15 is 0 Å². The molecule has 0 bridgehead atoms. The average Bonchev–Trinajstić information content (AvgIpc) is 2.77. The predicted octanol–water partition coefficient (Wildman–Crippen LogP) is 2.94. The number of aryl methyl sites for hydroxylation is 1. The molecule has 2 rings (SSSR count). The molecular weight excluding hydrogens is 224 g/mol. The Morgan fingerprint density at radius 2 is 2.11 bits per heavy atom. The molecule has 3 heteroatoms. The molecule has 0 saturated heterocycles. The Bertz CT molecular complexity index is 505. The Hall–Kier alpha value is -1.74. The summed E-state index contributed by atoms with van der Waals surface area (Å²) >= 11 is 0. The first-order chi connectivity index (χ1) is 8.70. The first kappa shape index (κ1) is 12.7. The van der Waals surface area contributed by atoms with Crippen LogP contribution in [0.25, 0.3) is 0 Å². The number of furan rings is 1. The smallest absolute Gasteiger partial charge is 0.127 e. The first-order valence-electron chi connectivity index (χ1n) is 6.18. The largest absolute Gasteiger partial charge is 0.467 e. The van der Waals surface area contributed by atoms with Crippen molar-refractivity contribution < 1.29 is 4.42 Å². The molecule has 0 atom stereocenters. The van der Waals surface area contributed by atoms with Crippen LogP contribution < -0.4 is 10.2 Å². The van der Waals surface area contributed by atoms with E-state index in [0.29, 0.717) is 0 Å². The third kappa shape index (κ3) is 2.93. The zero-order valence-corrected chi connectivity index (χ0v) is 11.2. The van der Waals surface area contributed by atoms with Crippen LogP contribution in [0.4, 0.5) is 5.69 Å². The molecule has 2 aromatic rings. The van der Waals surface area contributed by atoms with Crippen molar-refractivity contribution in [3.63, 3.8) is 0 Å². The second-order valence-corrected chi connectivity index (χ2v) is 4.59. The van der Waals surface area contributed by atoms with E-state index in [1.54, 1.807) is 6.26 Å². The molecule has 0 aliphatic carbocycles. The summed E-state index contributed by atoms with van der Waals surface area (Å²) in [6, 6.07) is 10.5. The van der Waals surface area contributed by atoms with Gasteiger partial charge in [-0.3, -0.25) is 0 Å². The third-order valence-electron chi connectivity index (χ3n) is 3.03. The van der Waals surface area contributed by atoms with Gasteiger partial charge in [0.15, 0.2) is 0 Å². The summed E-state index contributed by atoms with van der Waals surface area (Å²) in [5.74, 6) is 1.02. The zero-order valence-electron chi connectivity index (χ0n) is 11.2. The van der Waals surface area contributed by atoms with E-state index in [9.17, 15) is 0 Å². The minimum atomic E-state index is 0.785. The Balaban J connectivity index is 2.11. The summed E-state index contributed by atoms with van der Waals surface area (Å²) in [6.45, 7) is 3.73. The van der Waals surface area contributed by atoms with Crippen molar-refractivity contribution in [1.29, 1.82) is 0 Å². The molecule has 1 aromatic carbocycles. The molecule has 0 amide bonds. The second kappa shape index (κ2) is 5.74. The van der Waals surface area contributed by atoms with E-state index in [-0.39, 0.29) is 0 Å². The number of nitrogens with one attached hydrogen (secondary N) is 1. The van der Waals surface area contributed by atoms with Gasteiger partial charge in [0.2, 0.25) is 0 Å². The highest BCUT2D eigenvalue weighted by Gasteiger charge is 2.09. The number of hydrogen-bond donors (Lipinski definition) is 1. The molecule has 1 aromatic heterocycles. The number of anilines is 1. The monoisotopic (exact) mass is 244 g/mol. The van der Waals surface area contributed by atoms with E-state index in [0.717, 1.165) is 18.8 Å². The topological polar surface area (TPSA) is 28.4 Å². The predicted molar refractivity (Wildman–Crippen MR) is 74.8 cm³/mol. The lowest BCUT2D eigenvalue weighted by Crippen LogP contribution is -2.17. The molecule has 18 heavy (non-hydrogen) atoms. The van der Waals surface area contributed by atoms with Crippen LogP contribution in [0.1, 0.15) is 16.9 Å². The van der Waals surface area contributed by atoms with E-state index in [1.165, 1.54) is 16.8 Å². The number of benzene rings is 1. The lowest BCUT2D eigenvalue weighted by atomic mass is 10.2. The van der Waals surface area contributed by atoms with Crippen LogP contribution in [0, 0.1) is 6.92 Å². The number of rotatable bonds is 5. The van der Waals surface area contributed by atoms with Crippen LogP contribution in [0.5, 0.6) is 0 Å². The number of nitrogens with zero attached hydrogens (tertiary/aromatic N) is 1. The van der Waals surface area contributed by atoms with E-state index < -0.39 is 0 Å². The highest BCUT2D eigenvalue weighted by Crippen LogP contribution is 2.19. The molecule has 0 saturated carbocycles. The maximum absolute atomic E-state index is 5.56. The molecule has 0 aliphatic heterocycles. The maximum Gasteiger partial charge on any atom is 0.127 e. The van der Waals surface area contributed by atoms with Crippen molar-refractivity contribution in [1.82, 2.24) is 5.32 Å². The van der Waals surface area contributed by atoms with Gasteiger partial charge in [-0.15, -0.1) is 0 Å². The van der Waals surface area contributed by atoms with Gasteiger partial charge < -0.3 is 14.6 Å². The van der Waals surface area contributed by atoms with Gasteiger partial charge in [0, 0.05) is 24.8 Å². The molecule has 1 N–H and O–H groups in total. The van der Waals surface area contributed by atoms with Crippen molar-refractivity contribution in [2.75, 3.05) is 19.0 Å². The molecule has 0 spiro atoms. The molecule has 1 heterocycles. The van der Waals surface area contributed by atoms with Crippen LogP contribution in [-0.2, 0) is 13.1 Å². The fourth-order valence-electron chi connectivity index (χ4n) is 2.03. The highest BCUT2D eigenvalue weighted by atomic mass is 16.3. The van der Waals surface area contributed by atoms with Gasteiger partial charge in [0.1, 0.15) is 5.76 Å². The quantitative estimate of drug-likeness (QED) is 0.876. The van der Waals surface area contributed by atoms with Crippen molar-refractivity contribution in [2.24, 2.45) is 0 Å². The Labute approximate surface area is 108 Å². The van der Waals surface area contributed by atoms with Crippen molar-refractivity contribution in [3.8, 4) is 0 Å². The van der Waals surface area contributed by atoms with Gasteiger partial charge in [0.05, 0.1) is 12.8 Å². The van der Waals surface area contributed by atoms with Crippen LogP contribution in [-0.4, -0.2) is 14.1 Å². The second-order valence-electron chi connectivity index (χ2n) is 4.59. The van der Waals surface area contributed by atoms with Crippen LogP contribution in [0.2, 0.25) is 0 Å². The summed E-state index contributed by atoms with van der Waals surface area (Å²) in [6.07, 6.45) is 1.76. The molecule has 0 fully saturated rings. The Morgan fingerprint density at radius 3 is 2.83 bits per heavy atom. The molecule has 0 radical (unpaired) electrons. The maximum atomic E-state index is 5.56. The van der Waals surface area contributed by atoms with E-state index in [1.807, 2.05) is 13.1 Å². The van der Waals surface area contributed by atoms with E-state index in [4.69, 9.17) is 4.42 Å². The minimum absolute atomic E-state index is 0.785. The first-order valence-corrected chi connectivity index (χ1v) is 6.18. The highest BCUT2D eigenvalue weighted by molar-refractivity contribution is 5.48. The fourth-order valence-corrected chi connectivity index (χ4v) is 2.03. The Morgan fingerprint density at radius 1 is 1.28 bits per heavy atom. The van der Waals surface area contributed by atoms with E-state index in [2.05, 4.69) is 48.5 Å². The summed E-state index contributed by atoms with van der Waals surface area (Å²) < 4.78 is 5.56. The van der Waals surface area contributed by atoms with Crippen LogP contribution in [0.3, 0.4) is 0 Å². The third-order valence-corrected chi connectivity index (χ3v) is 3.03. The molecule has 3 nitrogen and oxygen atoms in total. The lowest BCUT2D eigenvalue weighted by molar-refractivity contribution is 0.501. The van der Waals surface area contributed by atoms with Crippen molar-refractivity contribution >= 4 is 5.69 Å². The van der Waals surface area contributed by atoms with Crippen LogP contribution in [0.15, 0.2) is 41.0 Å². The summed E-state index contributed by atoms with van der Waals surface area (Å²) in [5.41, 5.74) is 3.70. The van der Waals surface area contributed by atoms with Gasteiger partial charge in [0.25, 0.3) is 0 Å². The summed E-state index contributed by atoms with van der Waals surface area (Å²) in [7, 11) is 4.03. The molecule has 0 unspecified atom stereocenters.